The summed E-state index contributed by atoms with van der Waals surface area (Å²) in [5, 5.41) is 7.37. The van der Waals surface area contributed by atoms with Gasteiger partial charge in [0, 0.05) is 24.0 Å². The molecule has 8 nitrogen and oxygen atoms in total. The number of nitrogens with zero attached hydrogens (tertiary/aromatic N) is 5. The van der Waals surface area contributed by atoms with Crippen LogP contribution in [0.5, 0.6) is 5.88 Å². The molecular formula is C17H20N6O2. The molecule has 0 fully saturated rings. The fourth-order valence-corrected chi connectivity index (χ4v) is 2.29. The summed E-state index contributed by atoms with van der Waals surface area (Å²) in [6, 6.07) is 5.28. The van der Waals surface area contributed by atoms with Gasteiger partial charge in [0.2, 0.25) is 17.6 Å². The Morgan fingerprint density at radius 1 is 1.28 bits per heavy atom. The molecule has 0 aliphatic carbocycles. The van der Waals surface area contributed by atoms with E-state index in [4.69, 9.17) is 9.26 Å². The minimum atomic E-state index is -0.192. The minimum absolute atomic E-state index is 0.192. The van der Waals surface area contributed by atoms with Crippen LogP contribution in [-0.4, -0.2) is 31.7 Å². The van der Waals surface area contributed by atoms with Crippen LogP contribution in [0.2, 0.25) is 0 Å². The normalized spacial score (nSPS) is 12.2. The molecule has 1 N–H and O–H groups in total. The van der Waals surface area contributed by atoms with Gasteiger partial charge in [-0.05, 0) is 25.0 Å². The lowest BCUT2D eigenvalue weighted by atomic mass is 10.0. The first-order valence-electron chi connectivity index (χ1n) is 8.12. The Morgan fingerprint density at radius 2 is 2.16 bits per heavy atom. The molecule has 3 aromatic heterocycles. The fourth-order valence-electron chi connectivity index (χ4n) is 2.29. The molecule has 1 unspecified atom stereocenters. The molecule has 0 radical (unpaired) electrons. The van der Waals surface area contributed by atoms with Crippen molar-refractivity contribution < 1.29 is 9.26 Å². The summed E-state index contributed by atoms with van der Waals surface area (Å²) in [5.41, 5.74) is 0.806. The van der Waals surface area contributed by atoms with Gasteiger partial charge < -0.3 is 14.6 Å². The largest absolute Gasteiger partial charge is 0.478 e. The van der Waals surface area contributed by atoms with Gasteiger partial charge in [-0.1, -0.05) is 19.0 Å². The molecule has 0 saturated heterocycles. The Hall–Kier alpha value is -3.03. The SMILES string of the molecule is CCOc1cc(NC(c2nc(-c3cccnc3)no2)C(C)C)ncn1. The summed E-state index contributed by atoms with van der Waals surface area (Å²) < 4.78 is 10.9. The third-order valence-corrected chi connectivity index (χ3v) is 3.53. The molecule has 0 spiro atoms. The molecule has 3 heterocycles. The zero-order valence-corrected chi connectivity index (χ0v) is 14.4. The van der Waals surface area contributed by atoms with E-state index in [0.717, 1.165) is 5.56 Å². The molecule has 8 heteroatoms. The van der Waals surface area contributed by atoms with Crippen LogP contribution in [0.25, 0.3) is 11.4 Å². The average molecular weight is 340 g/mol. The summed E-state index contributed by atoms with van der Waals surface area (Å²) in [5.74, 6) is 2.36. The molecule has 3 rings (SSSR count). The predicted octanol–water partition coefficient (Wildman–Crippen LogP) is 3.13. The van der Waals surface area contributed by atoms with Crippen molar-refractivity contribution in [2.24, 2.45) is 5.92 Å². The second-order valence-electron chi connectivity index (χ2n) is 5.74. The molecule has 0 aliphatic rings. The van der Waals surface area contributed by atoms with Gasteiger partial charge in [0.1, 0.15) is 18.2 Å². The van der Waals surface area contributed by atoms with Crippen molar-refractivity contribution in [3.05, 3.63) is 42.8 Å². The topological polar surface area (TPSA) is 98.8 Å². The van der Waals surface area contributed by atoms with Crippen LogP contribution in [0.3, 0.4) is 0 Å². The summed E-state index contributed by atoms with van der Waals surface area (Å²) in [7, 11) is 0. The van der Waals surface area contributed by atoms with E-state index in [1.54, 1.807) is 18.5 Å². The predicted molar refractivity (Wildman–Crippen MR) is 91.9 cm³/mol. The van der Waals surface area contributed by atoms with Crippen molar-refractivity contribution in [2.75, 3.05) is 11.9 Å². The lowest BCUT2D eigenvalue weighted by molar-refractivity contribution is 0.325. The van der Waals surface area contributed by atoms with Gasteiger partial charge in [-0.2, -0.15) is 4.98 Å². The van der Waals surface area contributed by atoms with Crippen molar-refractivity contribution >= 4 is 5.82 Å². The second kappa shape index (κ2) is 7.69. The Labute approximate surface area is 145 Å². The van der Waals surface area contributed by atoms with Crippen LogP contribution in [0.1, 0.15) is 32.7 Å². The Kier molecular flexibility index (Phi) is 5.17. The highest BCUT2D eigenvalue weighted by Crippen LogP contribution is 2.27. The lowest BCUT2D eigenvalue weighted by Crippen LogP contribution is -2.18. The van der Waals surface area contributed by atoms with Gasteiger partial charge >= 0.3 is 0 Å². The fraction of sp³-hybridized carbons (Fsp3) is 0.353. The number of hydrogen-bond acceptors (Lipinski definition) is 8. The standard InChI is InChI=1S/C17H20N6O2/c1-4-24-14-8-13(19-10-20-14)21-15(11(2)3)17-22-16(23-25-17)12-6-5-7-18-9-12/h5-11,15H,4H2,1-3H3,(H,19,20,21). The summed E-state index contributed by atoms with van der Waals surface area (Å²) in [6.45, 7) is 6.58. The molecule has 0 aliphatic heterocycles. The van der Waals surface area contributed by atoms with Crippen molar-refractivity contribution in [3.8, 4) is 17.3 Å². The number of nitrogens with one attached hydrogen (secondary N) is 1. The monoisotopic (exact) mass is 340 g/mol. The van der Waals surface area contributed by atoms with E-state index in [-0.39, 0.29) is 12.0 Å². The third-order valence-electron chi connectivity index (χ3n) is 3.53. The van der Waals surface area contributed by atoms with Crippen molar-refractivity contribution in [1.82, 2.24) is 25.1 Å². The summed E-state index contributed by atoms with van der Waals surface area (Å²) >= 11 is 0. The summed E-state index contributed by atoms with van der Waals surface area (Å²) in [4.78, 5) is 16.9. The van der Waals surface area contributed by atoms with E-state index in [1.165, 1.54) is 6.33 Å². The second-order valence-corrected chi connectivity index (χ2v) is 5.74. The third kappa shape index (κ3) is 4.09. The lowest BCUT2D eigenvalue weighted by Gasteiger charge is -2.19. The van der Waals surface area contributed by atoms with Crippen LogP contribution in [0.15, 0.2) is 41.4 Å². The van der Waals surface area contributed by atoms with E-state index in [9.17, 15) is 0 Å². The first-order valence-corrected chi connectivity index (χ1v) is 8.12. The van der Waals surface area contributed by atoms with E-state index < -0.39 is 0 Å². The number of anilines is 1. The molecule has 0 aromatic carbocycles. The van der Waals surface area contributed by atoms with E-state index in [0.29, 0.717) is 30.0 Å². The molecule has 0 amide bonds. The summed E-state index contributed by atoms with van der Waals surface area (Å²) in [6.07, 6.45) is 4.86. The zero-order chi connectivity index (χ0) is 17.6. The van der Waals surface area contributed by atoms with Crippen molar-refractivity contribution in [3.63, 3.8) is 0 Å². The van der Waals surface area contributed by atoms with E-state index in [1.807, 2.05) is 19.1 Å². The highest BCUT2D eigenvalue weighted by atomic mass is 16.5. The Balaban J connectivity index is 1.82. The van der Waals surface area contributed by atoms with Gasteiger partial charge in [0.05, 0.1) is 6.61 Å². The molecule has 3 aromatic rings. The van der Waals surface area contributed by atoms with Gasteiger partial charge in [-0.25, -0.2) is 9.97 Å². The van der Waals surface area contributed by atoms with Crippen molar-refractivity contribution in [1.29, 1.82) is 0 Å². The number of rotatable bonds is 7. The first kappa shape index (κ1) is 16.8. The smallest absolute Gasteiger partial charge is 0.249 e. The van der Waals surface area contributed by atoms with Crippen LogP contribution in [-0.2, 0) is 0 Å². The van der Waals surface area contributed by atoms with Crippen LogP contribution in [0.4, 0.5) is 5.82 Å². The quantitative estimate of drug-likeness (QED) is 0.700. The molecule has 0 bridgehead atoms. The maximum absolute atomic E-state index is 5.47. The molecule has 130 valence electrons. The molecule has 25 heavy (non-hydrogen) atoms. The highest BCUT2D eigenvalue weighted by molar-refractivity contribution is 5.52. The molecule has 0 saturated carbocycles. The van der Waals surface area contributed by atoms with E-state index >= 15 is 0 Å². The van der Waals surface area contributed by atoms with Crippen LogP contribution in [0, 0.1) is 5.92 Å². The number of ether oxygens (including phenoxy) is 1. The maximum Gasteiger partial charge on any atom is 0.249 e. The van der Waals surface area contributed by atoms with E-state index in [2.05, 4.69) is 44.3 Å². The Morgan fingerprint density at radius 3 is 2.88 bits per heavy atom. The van der Waals surface area contributed by atoms with Gasteiger partial charge in [-0.3, -0.25) is 4.98 Å². The highest BCUT2D eigenvalue weighted by Gasteiger charge is 2.23. The number of pyridine rings is 1. The minimum Gasteiger partial charge on any atom is -0.478 e. The maximum atomic E-state index is 5.47. The number of aromatic nitrogens is 5. The van der Waals surface area contributed by atoms with Gasteiger partial charge in [0.25, 0.3) is 0 Å². The van der Waals surface area contributed by atoms with Gasteiger partial charge in [-0.15, -0.1) is 0 Å². The van der Waals surface area contributed by atoms with Crippen LogP contribution < -0.4 is 10.1 Å². The average Bonchev–Trinajstić information content (AvgIpc) is 3.10. The Bertz CT molecular complexity index is 806. The first-order chi connectivity index (χ1) is 12.2. The zero-order valence-electron chi connectivity index (χ0n) is 14.4. The van der Waals surface area contributed by atoms with Gasteiger partial charge in [0.15, 0.2) is 0 Å². The molecular weight excluding hydrogens is 320 g/mol. The molecule has 1 atom stereocenters. The van der Waals surface area contributed by atoms with Crippen molar-refractivity contribution in [2.45, 2.75) is 26.8 Å². The van der Waals surface area contributed by atoms with Crippen LogP contribution >= 0.6 is 0 Å². The number of hydrogen-bond donors (Lipinski definition) is 1.